The largest absolute Gasteiger partial charge is 0.379 e. The van der Waals surface area contributed by atoms with E-state index in [0.29, 0.717) is 30.3 Å². The highest BCUT2D eigenvalue weighted by molar-refractivity contribution is 6.31. The number of ether oxygens (including phenoxy) is 1. The van der Waals surface area contributed by atoms with E-state index in [1.54, 1.807) is 40.7 Å². The minimum Gasteiger partial charge on any atom is -0.379 e. The molecule has 1 saturated carbocycles. The number of rotatable bonds is 9. The van der Waals surface area contributed by atoms with E-state index in [0.717, 1.165) is 12.8 Å². The summed E-state index contributed by atoms with van der Waals surface area (Å²) < 4.78 is 7.13. The molecule has 4 rings (SSSR count). The molecule has 0 saturated heterocycles. The van der Waals surface area contributed by atoms with Gasteiger partial charge < -0.3 is 24.8 Å². The quantitative estimate of drug-likeness (QED) is 0.529. The smallest absolute Gasteiger partial charge is 0.276 e. The van der Waals surface area contributed by atoms with Gasteiger partial charge in [0.1, 0.15) is 11.2 Å². The van der Waals surface area contributed by atoms with Crippen LogP contribution in [0.2, 0.25) is 5.02 Å². The van der Waals surface area contributed by atoms with Gasteiger partial charge in [0, 0.05) is 29.9 Å². The van der Waals surface area contributed by atoms with Gasteiger partial charge in [0.05, 0.1) is 19.0 Å². The molecule has 182 valence electrons. The Morgan fingerprint density at radius 2 is 2.09 bits per heavy atom. The number of anilines is 1. The van der Waals surface area contributed by atoms with Gasteiger partial charge >= 0.3 is 0 Å². The van der Waals surface area contributed by atoms with Crippen LogP contribution in [0, 0.1) is 0 Å². The average Bonchev–Trinajstić information content (AvgIpc) is 3.50. The van der Waals surface area contributed by atoms with Crippen LogP contribution in [0.4, 0.5) is 5.69 Å². The van der Waals surface area contributed by atoms with Crippen LogP contribution in [0.3, 0.4) is 0 Å². The molecular formula is C24H30ClN5O4. The number of aromatic nitrogens is 2. The first-order chi connectivity index (χ1) is 16.2. The third-order valence-electron chi connectivity index (χ3n) is 6.03. The van der Waals surface area contributed by atoms with Crippen molar-refractivity contribution in [2.24, 2.45) is 0 Å². The maximum atomic E-state index is 13.6. The molecule has 0 bridgehead atoms. The predicted octanol–water partition coefficient (Wildman–Crippen LogP) is 3.10. The summed E-state index contributed by atoms with van der Waals surface area (Å²) in [5, 5.41) is 6.19. The van der Waals surface area contributed by atoms with E-state index in [1.807, 2.05) is 13.8 Å². The van der Waals surface area contributed by atoms with Crippen molar-refractivity contribution in [2.75, 3.05) is 18.5 Å². The molecule has 1 aromatic heterocycles. The second kappa shape index (κ2) is 9.76. The number of amides is 3. The van der Waals surface area contributed by atoms with Crippen molar-refractivity contribution in [3.63, 3.8) is 0 Å². The zero-order valence-corrected chi connectivity index (χ0v) is 20.4. The highest BCUT2D eigenvalue weighted by Gasteiger charge is 2.53. The molecule has 2 aliphatic rings. The van der Waals surface area contributed by atoms with Crippen molar-refractivity contribution in [1.82, 2.24) is 19.8 Å². The molecule has 10 heteroatoms. The van der Waals surface area contributed by atoms with Crippen molar-refractivity contribution in [3.8, 4) is 0 Å². The first kappa shape index (κ1) is 24.2. The van der Waals surface area contributed by atoms with Gasteiger partial charge in [-0.3, -0.25) is 14.4 Å². The molecule has 0 radical (unpaired) electrons. The molecule has 2 N–H and O–H groups in total. The Kier molecular flexibility index (Phi) is 6.95. The predicted molar refractivity (Wildman–Crippen MR) is 128 cm³/mol. The Balaban J connectivity index is 1.53. The number of fused-ring (bicyclic) bond motifs is 1. The van der Waals surface area contributed by atoms with Crippen LogP contribution in [-0.4, -0.2) is 63.0 Å². The maximum absolute atomic E-state index is 13.6. The average molecular weight is 488 g/mol. The minimum atomic E-state index is -1.08. The standard InChI is InChI=1S/C24H30ClN5O4/c1-15(2)34-11-5-10-26-23(33)24(3)13-29-14-27-19(20(29)22(32)30(24)18-8-9-18)21(31)28-17-7-4-6-16(25)12-17/h4,6-7,12,14-15,18H,5,8-11,13H2,1-3H3,(H,26,33)(H,28,31). The molecule has 2 aromatic rings. The molecule has 1 atom stereocenters. The lowest BCUT2D eigenvalue weighted by atomic mass is 9.94. The third-order valence-corrected chi connectivity index (χ3v) is 6.26. The summed E-state index contributed by atoms with van der Waals surface area (Å²) in [7, 11) is 0. The molecule has 9 nitrogen and oxygen atoms in total. The van der Waals surface area contributed by atoms with E-state index < -0.39 is 11.4 Å². The number of carbonyl (C=O) groups is 3. The molecule has 1 aromatic carbocycles. The lowest BCUT2D eigenvalue weighted by Crippen LogP contribution is -2.64. The van der Waals surface area contributed by atoms with E-state index in [2.05, 4.69) is 15.6 Å². The topological polar surface area (TPSA) is 106 Å². The molecule has 1 fully saturated rings. The number of nitrogens with zero attached hydrogens (tertiary/aromatic N) is 3. The second-order valence-electron chi connectivity index (χ2n) is 9.24. The number of imidazole rings is 1. The van der Waals surface area contributed by atoms with Gasteiger partial charge in [0.15, 0.2) is 5.69 Å². The van der Waals surface area contributed by atoms with E-state index in [4.69, 9.17) is 16.3 Å². The van der Waals surface area contributed by atoms with Gasteiger partial charge in [0.25, 0.3) is 11.8 Å². The lowest BCUT2D eigenvalue weighted by Gasteiger charge is -2.44. The van der Waals surface area contributed by atoms with Gasteiger partial charge in [-0.1, -0.05) is 17.7 Å². The normalized spacial score (nSPS) is 19.8. The van der Waals surface area contributed by atoms with Crippen molar-refractivity contribution in [2.45, 2.75) is 64.3 Å². The van der Waals surface area contributed by atoms with Gasteiger partial charge in [-0.05, 0) is 58.2 Å². The highest BCUT2D eigenvalue weighted by Crippen LogP contribution is 2.39. The molecule has 2 heterocycles. The summed E-state index contributed by atoms with van der Waals surface area (Å²) in [6.45, 7) is 6.93. The minimum absolute atomic E-state index is 0.0278. The third kappa shape index (κ3) is 4.95. The van der Waals surface area contributed by atoms with Gasteiger partial charge in [-0.25, -0.2) is 4.98 Å². The zero-order chi connectivity index (χ0) is 24.5. The zero-order valence-electron chi connectivity index (χ0n) is 19.6. The molecule has 34 heavy (non-hydrogen) atoms. The summed E-state index contributed by atoms with van der Waals surface area (Å²) in [4.78, 5) is 45.7. The Morgan fingerprint density at radius 3 is 2.76 bits per heavy atom. The number of halogens is 1. The fourth-order valence-corrected chi connectivity index (χ4v) is 4.45. The molecule has 1 aliphatic carbocycles. The molecule has 1 aliphatic heterocycles. The van der Waals surface area contributed by atoms with E-state index in [-0.39, 0.29) is 41.9 Å². The Morgan fingerprint density at radius 1 is 1.32 bits per heavy atom. The van der Waals surface area contributed by atoms with Crippen molar-refractivity contribution in [1.29, 1.82) is 0 Å². The van der Waals surface area contributed by atoms with Crippen molar-refractivity contribution >= 4 is 35.0 Å². The number of benzene rings is 1. The van der Waals surface area contributed by atoms with Crippen LogP contribution in [0.15, 0.2) is 30.6 Å². The van der Waals surface area contributed by atoms with Crippen LogP contribution in [-0.2, 0) is 16.1 Å². The summed E-state index contributed by atoms with van der Waals surface area (Å²) in [5.41, 5.74) is -0.343. The fraction of sp³-hybridized carbons (Fsp3) is 0.500. The number of hydrogen-bond acceptors (Lipinski definition) is 5. The van der Waals surface area contributed by atoms with Crippen LogP contribution in [0.1, 0.15) is 61.0 Å². The number of nitrogens with one attached hydrogen (secondary N) is 2. The lowest BCUT2D eigenvalue weighted by molar-refractivity contribution is -0.133. The van der Waals surface area contributed by atoms with E-state index >= 15 is 0 Å². The van der Waals surface area contributed by atoms with Gasteiger partial charge in [-0.15, -0.1) is 0 Å². The Bertz CT molecular complexity index is 1100. The SMILES string of the molecule is CC(C)OCCCNC(=O)C1(C)Cn2cnc(C(=O)Nc3cccc(Cl)c3)c2C(=O)N1C1CC1. The molecule has 0 spiro atoms. The van der Waals surface area contributed by atoms with E-state index in [1.165, 1.54) is 6.33 Å². The molecule has 3 amide bonds. The molecule has 1 unspecified atom stereocenters. The summed E-state index contributed by atoms with van der Waals surface area (Å²) >= 11 is 6.00. The summed E-state index contributed by atoms with van der Waals surface area (Å²) in [5.74, 6) is -1.08. The van der Waals surface area contributed by atoms with Crippen LogP contribution < -0.4 is 10.6 Å². The van der Waals surface area contributed by atoms with E-state index in [9.17, 15) is 14.4 Å². The maximum Gasteiger partial charge on any atom is 0.276 e. The van der Waals surface area contributed by atoms with Crippen molar-refractivity contribution < 1.29 is 19.1 Å². The number of carbonyl (C=O) groups excluding carboxylic acids is 3. The first-order valence-electron chi connectivity index (χ1n) is 11.6. The Labute approximate surface area is 203 Å². The monoisotopic (exact) mass is 487 g/mol. The second-order valence-corrected chi connectivity index (χ2v) is 9.68. The Hall–Kier alpha value is -2.91. The van der Waals surface area contributed by atoms with Gasteiger partial charge in [-0.2, -0.15) is 0 Å². The summed E-state index contributed by atoms with van der Waals surface area (Å²) in [6.07, 6.45) is 3.93. The van der Waals surface area contributed by atoms with Crippen LogP contribution >= 0.6 is 11.6 Å². The van der Waals surface area contributed by atoms with Crippen LogP contribution in [0.5, 0.6) is 0 Å². The van der Waals surface area contributed by atoms with Crippen molar-refractivity contribution in [3.05, 3.63) is 47.0 Å². The highest BCUT2D eigenvalue weighted by atomic mass is 35.5. The number of hydrogen-bond donors (Lipinski definition) is 2. The molecular weight excluding hydrogens is 458 g/mol. The van der Waals surface area contributed by atoms with Gasteiger partial charge in [0.2, 0.25) is 5.91 Å². The summed E-state index contributed by atoms with van der Waals surface area (Å²) in [6, 6.07) is 6.72. The van der Waals surface area contributed by atoms with Crippen LogP contribution in [0.25, 0.3) is 0 Å². The first-order valence-corrected chi connectivity index (χ1v) is 11.9. The fourth-order valence-electron chi connectivity index (χ4n) is 4.26.